The number of pyridine rings is 1. The van der Waals surface area contributed by atoms with Gasteiger partial charge in [0.1, 0.15) is 29.4 Å². The van der Waals surface area contributed by atoms with Crippen molar-refractivity contribution in [2.45, 2.75) is 24.3 Å². The molecule has 3 aromatic rings. The Balaban J connectivity index is 1.53. The predicted octanol–water partition coefficient (Wildman–Crippen LogP) is 4.85. The number of aliphatic imine (C=N–C) groups is 1. The Morgan fingerprint density at radius 3 is 2.87 bits per heavy atom. The molecule has 9 heteroatoms. The number of rotatable bonds is 5. The number of non-ortho nitro benzene ring substituents is 1. The molecule has 0 radical (unpaired) electrons. The zero-order valence-electron chi connectivity index (χ0n) is 17.0. The number of furan rings is 1. The molecule has 0 spiro atoms. The fourth-order valence-corrected chi connectivity index (χ4v) is 5.17. The summed E-state index contributed by atoms with van der Waals surface area (Å²) >= 11 is 1.77. The number of amidine groups is 1. The summed E-state index contributed by atoms with van der Waals surface area (Å²) in [6.45, 7) is 3.07. The number of ether oxygens (including phenoxy) is 1. The summed E-state index contributed by atoms with van der Waals surface area (Å²) in [5.74, 6) is 1.76. The summed E-state index contributed by atoms with van der Waals surface area (Å²) < 4.78 is 11.7. The summed E-state index contributed by atoms with van der Waals surface area (Å²) in [4.78, 5) is 22.4. The average Bonchev–Trinajstić information content (AvgIpc) is 3.47. The Morgan fingerprint density at radius 2 is 2.13 bits per heavy atom. The fraction of sp³-hybridized carbons (Fsp3) is 0.273. The van der Waals surface area contributed by atoms with Gasteiger partial charge in [-0.2, -0.15) is 0 Å². The van der Waals surface area contributed by atoms with Crippen molar-refractivity contribution in [1.29, 1.82) is 0 Å². The molecule has 0 aliphatic carbocycles. The molecule has 1 saturated heterocycles. The monoisotopic (exact) mass is 436 g/mol. The van der Waals surface area contributed by atoms with Crippen LogP contribution in [0.4, 0.5) is 5.69 Å². The summed E-state index contributed by atoms with van der Waals surface area (Å²) in [6.07, 6.45) is 1.78. The van der Waals surface area contributed by atoms with Crippen LogP contribution in [0.1, 0.15) is 30.5 Å². The van der Waals surface area contributed by atoms with E-state index < -0.39 is 4.92 Å². The van der Waals surface area contributed by atoms with Crippen molar-refractivity contribution in [1.82, 2.24) is 9.88 Å². The van der Waals surface area contributed by atoms with Crippen LogP contribution in [-0.2, 0) is 0 Å². The van der Waals surface area contributed by atoms with Crippen LogP contribution in [0.15, 0.2) is 64.1 Å². The van der Waals surface area contributed by atoms with Crippen molar-refractivity contribution in [3.05, 3.63) is 76.3 Å². The number of nitrogens with zero attached hydrogens (tertiary/aromatic N) is 4. The number of fused-ring (bicyclic) bond motifs is 1. The molecule has 4 heterocycles. The number of hydrogen-bond donors (Lipinski definition) is 0. The lowest BCUT2D eigenvalue weighted by molar-refractivity contribution is -0.384. The van der Waals surface area contributed by atoms with Crippen LogP contribution in [0, 0.1) is 10.1 Å². The van der Waals surface area contributed by atoms with Gasteiger partial charge in [0.2, 0.25) is 0 Å². The Morgan fingerprint density at radius 1 is 1.26 bits per heavy atom. The highest BCUT2D eigenvalue weighted by atomic mass is 32.2. The first-order chi connectivity index (χ1) is 15.0. The Kier molecular flexibility index (Phi) is 4.90. The van der Waals surface area contributed by atoms with Crippen LogP contribution < -0.4 is 4.74 Å². The van der Waals surface area contributed by atoms with Gasteiger partial charge < -0.3 is 14.1 Å². The minimum Gasteiger partial charge on any atom is -0.496 e. The highest BCUT2D eigenvalue weighted by Gasteiger charge is 2.45. The van der Waals surface area contributed by atoms with Crippen molar-refractivity contribution in [3.8, 4) is 17.1 Å². The van der Waals surface area contributed by atoms with Crippen LogP contribution in [0.25, 0.3) is 11.3 Å². The summed E-state index contributed by atoms with van der Waals surface area (Å²) in [6, 6.07) is 13.9. The van der Waals surface area contributed by atoms with Gasteiger partial charge in [-0.25, -0.2) is 4.99 Å². The molecule has 8 nitrogen and oxygen atoms in total. The lowest BCUT2D eigenvalue weighted by atomic mass is 10.0. The van der Waals surface area contributed by atoms with E-state index in [-0.39, 0.29) is 17.8 Å². The van der Waals surface area contributed by atoms with Crippen molar-refractivity contribution in [2.75, 3.05) is 13.7 Å². The van der Waals surface area contributed by atoms with Gasteiger partial charge in [0, 0.05) is 24.1 Å². The summed E-state index contributed by atoms with van der Waals surface area (Å²) in [5.41, 5.74) is 1.53. The van der Waals surface area contributed by atoms with E-state index in [4.69, 9.17) is 14.1 Å². The topological polar surface area (TPSA) is 94.0 Å². The van der Waals surface area contributed by atoms with E-state index in [9.17, 15) is 10.1 Å². The second-order valence-electron chi connectivity index (χ2n) is 7.48. The molecule has 3 atom stereocenters. The number of benzene rings is 1. The second kappa shape index (κ2) is 7.73. The zero-order valence-corrected chi connectivity index (χ0v) is 17.8. The quantitative estimate of drug-likeness (QED) is 0.417. The van der Waals surface area contributed by atoms with E-state index in [0.717, 1.165) is 23.2 Å². The van der Waals surface area contributed by atoms with Gasteiger partial charge in [-0.05, 0) is 30.3 Å². The number of nitro groups is 1. The first-order valence-corrected chi connectivity index (χ1v) is 10.8. The normalized spacial score (nSPS) is 22.3. The van der Waals surface area contributed by atoms with E-state index in [1.54, 1.807) is 24.0 Å². The van der Waals surface area contributed by atoms with Crippen LogP contribution in [0.5, 0.6) is 5.75 Å². The molecular weight excluding hydrogens is 416 g/mol. The van der Waals surface area contributed by atoms with E-state index in [2.05, 4.69) is 16.8 Å². The molecule has 0 amide bonds. The SMILES string of the molecule is COc1cc([N+](=O)[O-])ccc1-c1ccc([C@@H]2[C@@H](c3ccccn3)N=C3S[C@H](C)CN32)o1. The van der Waals surface area contributed by atoms with Crippen molar-refractivity contribution >= 4 is 22.6 Å². The van der Waals surface area contributed by atoms with Gasteiger partial charge in [-0.15, -0.1) is 0 Å². The van der Waals surface area contributed by atoms with Crippen molar-refractivity contribution < 1.29 is 14.1 Å². The van der Waals surface area contributed by atoms with Gasteiger partial charge in [0.25, 0.3) is 5.69 Å². The van der Waals surface area contributed by atoms with E-state index in [1.165, 1.54) is 19.2 Å². The Hall–Kier alpha value is -3.33. The maximum Gasteiger partial charge on any atom is 0.273 e. The molecule has 158 valence electrons. The Labute approximate surface area is 183 Å². The highest BCUT2D eigenvalue weighted by molar-refractivity contribution is 8.14. The summed E-state index contributed by atoms with van der Waals surface area (Å²) in [7, 11) is 1.49. The zero-order chi connectivity index (χ0) is 21.5. The lowest BCUT2D eigenvalue weighted by Crippen LogP contribution is -2.28. The molecule has 1 aromatic carbocycles. The third kappa shape index (κ3) is 3.44. The van der Waals surface area contributed by atoms with Crippen molar-refractivity contribution in [3.63, 3.8) is 0 Å². The molecule has 0 bridgehead atoms. The third-order valence-corrected chi connectivity index (χ3v) is 6.56. The Bertz CT molecular complexity index is 1160. The fourth-order valence-electron chi connectivity index (χ4n) is 4.08. The molecule has 31 heavy (non-hydrogen) atoms. The third-order valence-electron chi connectivity index (χ3n) is 5.46. The van der Waals surface area contributed by atoms with Gasteiger partial charge >= 0.3 is 0 Å². The molecule has 2 aromatic heterocycles. The van der Waals surface area contributed by atoms with Gasteiger partial charge in [0.05, 0.1) is 29.4 Å². The molecule has 0 saturated carbocycles. The predicted molar refractivity (Wildman–Crippen MR) is 118 cm³/mol. The smallest absolute Gasteiger partial charge is 0.273 e. The van der Waals surface area contributed by atoms with Crippen LogP contribution in [-0.4, -0.2) is 38.9 Å². The number of nitro benzene ring substituents is 1. The standard InChI is InChI=1S/C22H20N4O4S/c1-13-12-25-21(20(24-22(25)31-13)16-5-3-4-10-23-16)18-9-8-17(30-18)15-7-6-14(26(27)28)11-19(15)29-2/h3-11,13,20-21H,12H2,1-2H3/t13-,20-,21-/m1/s1. The molecule has 5 rings (SSSR count). The van der Waals surface area contributed by atoms with E-state index in [1.807, 2.05) is 30.3 Å². The van der Waals surface area contributed by atoms with Crippen molar-refractivity contribution in [2.24, 2.45) is 4.99 Å². The van der Waals surface area contributed by atoms with Gasteiger partial charge in [-0.1, -0.05) is 24.8 Å². The average molecular weight is 436 g/mol. The number of thioether (sulfide) groups is 1. The molecule has 0 N–H and O–H groups in total. The molecule has 2 aliphatic rings. The maximum absolute atomic E-state index is 11.1. The molecular formula is C22H20N4O4S. The lowest BCUT2D eigenvalue weighted by Gasteiger charge is -2.25. The first-order valence-electron chi connectivity index (χ1n) is 9.89. The summed E-state index contributed by atoms with van der Waals surface area (Å²) in [5, 5.41) is 12.6. The minimum absolute atomic E-state index is 0.0282. The van der Waals surface area contributed by atoms with Crippen LogP contribution >= 0.6 is 11.8 Å². The number of methoxy groups -OCH3 is 1. The van der Waals surface area contributed by atoms with E-state index >= 15 is 0 Å². The van der Waals surface area contributed by atoms with Gasteiger partial charge in [0.15, 0.2) is 5.17 Å². The molecule has 1 fully saturated rings. The van der Waals surface area contributed by atoms with E-state index in [0.29, 0.717) is 22.3 Å². The second-order valence-corrected chi connectivity index (χ2v) is 8.89. The minimum atomic E-state index is -0.444. The maximum atomic E-state index is 11.1. The largest absolute Gasteiger partial charge is 0.496 e. The number of aromatic nitrogens is 1. The molecule has 2 aliphatic heterocycles. The molecule has 0 unspecified atom stereocenters. The van der Waals surface area contributed by atoms with Crippen LogP contribution in [0.2, 0.25) is 0 Å². The van der Waals surface area contributed by atoms with Gasteiger partial charge in [-0.3, -0.25) is 15.1 Å². The highest BCUT2D eigenvalue weighted by Crippen LogP contribution is 2.48. The first kappa shape index (κ1) is 19.6. The van der Waals surface area contributed by atoms with Crippen LogP contribution in [0.3, 0.4) is 0 Å². The number of hydrogen-bond acceptors (Lipinski definition) is 8.